The number of nitro groups is 1. The van der Waals surface area contributed by atoms with E-state index in [-0.39, 0.29) is 22.0 Å². The summed E-state index contributed by atoms with van der Waals surface area (Å²) in [7, 11) is -2.90. The highest BCUT2D eigenvalue weighted by Crippen LogP contribution is 2.31. The van der Waals surface area contributed by atoms with Crippen LogP contribution in [0.15, 0.2) is 82.8 Å². The Balaban J connectivity index is 1.62. The molecule has 0 saturated carbocycles. The van der Waals surface area contributed by atoms with Crippen molar-refractivity contribution in [2.45, 2.75) is 25.7 Å². The van der Waals surface area contributed by atoms with Gasteiger partial charge in [0.05, 0.1) is 41.8 Å². The van der Waals surface area contributed by atoms with Crippen molar-refractivity contribution >= 4 is 39.3 Å². The van der Waals surface area contributed by atoms with Gasteiger partial charge in [0.25, 0.3) is 15.7 Å². The molecule has 13 heteroatoms. The number of anilines is 2. The Morgan fingerprint density at radius 1 is 1.05 bits per heavy atom. The molecule has 0 amide bonds. The van der Waals surface area contributed by atoms with Gasteiger partial charge in [-0.25, -0.2) is 13.2 Å². The second-order valence-corrected chi connectivity index (χ2v) is 10.7. The number of esters is 1. The Bertz CT molecular complexity index is 1760. The molecular weight excluding hydrogens is 562 g/mol. The summed E-state index contributed by atoms with van der Waals surface area (Å²) in [6, 6.07) is 18.7. The molecular formula is C29H29N5O7S. The van der Waals surface area contributed by atoms with Gasteiger partial charge in [-0.2, -0.15) is 5.10 Å². The number of methoxy groups -OCH3 is 1. The zero-order valence-electron chi connectivity index (χ0n) is 23.3. The Morgan fingerprint density at radius 3 is 2.43 bits per heavy atom. The number of para-hydroxylation sites is 2. The second-order valence-electron chi connectivity index (χ2n) is 9.04. The predicted octanol–water partition coefficient (Wildman–Crippen LogP) is 5.43. The van der Waals surface area contributed by atoms with Crippen molar-refractivity contribution in [3.63, 3.8) is 0 Å². The summed E-state index contributed by atoms with van der Waals surface area (Å²) in [5.74, 6) is -0.112. The van der Waals surface area contributed by atoms with E-state index in [0.717, 1.165) is 28.7 Å². The molecule has 218 valence electrons. The highest BCUT2D eigenvalue weighted by atomic mass is 32.2. The Kier molecular flexibility index (Phi) is 8.91. The minimum Gasteiger partial charge on any atom is -0.495 e. The van der Waals surface area contributed by atoms with E-state index in [4.69, 9.17) is 9.47 Å². The minimum absolute atomic E-state index is 0.0302. The normalized spacial score (nSPS) is 11.3. The number of non-ortho nitro benzene ring substituents is 1. The fourth-order valence-corrected chi connectivity index (χ4v) is 5.56. The lowest BCUT2D eigenvalue weighted by atomic mass is 10.2. The molecule has 12 nitrogen and oxygen atoms in total. The fraction of sp³-hybridized carbons (Fsp3) is 0.172. The first-order valence-electron chi connectivity index (χ1n) is 12.8. The fourth-order valence-electron chi connectivity index (χ4n) is 4.32. The van der Waals surface area contributed by atoms with Gasteiger partial charge < -0.3 is 14.0 Å². The summed E-state index contributed by atoms with van der Waals surface area (Å²) < 4.78 is 41.4. The number of hydrazone groups is 1. The van der Waals surface area contributed by atoms with Crippen molar-refractivity contribution in [1.82, 2.24) is 4.57 Å². The Labute approximate surface area is 242 Å². The highest BCUT2D eigenvalue weighted by Gasteiger charge is 2.24. The standard InChI is InChI=1S/C29H29N5O7S/c1-5-41-29(35)21-10-12-23(13-11-21)33-19(2)16-22(20(33)3)18-30-31-26-15-14-24(34(36)37)17-28(26)42(38,39)32-25-8-6-7-9-27(25)40-4/h6-18,31-32H,5H2,1-4H3/b30-18+. The van der Waals surface area contributed by atoms with E-state index in [1.165, 1.54) is 31.5 Å². The van der Waals surface area contributed by atoms with Crippen LogP contribution in [0.25, 0.3) is 5.69 Å². The maximum atomic E-state index is 13.3. The summed E-state index contributed by atoms with van der Waals surface area (Å²) in [6.07, 6.45) is 1.53. The monoisotopic (exact) mass is 591 g/mol. The van der Waals surface area contributed by atoms with Crippen LogP contribution in [0, 0.1) is 24.0 Å². The molecule has 0 spiro atoms. The van der Waals surface area contributed by atoms with E-state index in [2.05, 4.69) is 15.2 Å². The molecule has 0 saturated heterocycles. The summed E-state index contributed by atoms with van der Waals surface area (Å²) in [6.45, 7) is 5.85. The molecule has 42 heavy (non-hydrogen) atoms. The van der Waals surface area contributed by atoms with Gasteiger partial charge in [-0.15, -0.1) is 0 Å². The first-order valence-corrected chi connectivity index (χ1v) is 14.2. The van der Waals surface area contributed by atoms with Crippen molar-refractivity contribution in [2.75, 3.05) is 23.9 Å². The zero-order chi connectivity index (χ0) is 30.4. The van der Waals surface area contributed by atoms with Gasteiger partial charge in [-0.3, -0.25) is 20.3 Å². The van der Waals surface area contributed by atoms with Crippen LogP contribution in [0.5, 0.6) is 5.75 Å². The molecule has 0 aliphatic rings. The van der Waals surface area contributed by atoms with Crippen molar-refractivity contribution in [3.05, 3.63) is 105 Å². The Hall–Kier alpha value is -5.17. The van der Waals surface area contributed by atoms with E-state index in [9.17, 15) is 23.3 Å². The largest absolute Gasteiger partial charge is 0.495 e. The van der Waals surface area contributed by atoms with Gasteiger partial charge in [-0.1, -0.05) is 12.1 Å². The third kappa shape index (κ3) is 6.41. The number of hydrogen-bond donors (Lipinski definition) is 2. The average Bonchev–Trinajstić information content (AvgIpc) is 3.25. The van der Waals surface area contributed by atoms with E-state index < -0.39 is 26.6 Å². The van der Waals surface area contributed by atoms with Crippen LogP contribution in [0.4, 0.5) is 17.1 Å². The SMILES string of the molecule is CCOC(=O)c1ccc(-n2c(C)cc(/C=N/Nc3ccc([N+](=O)[O-])cc3S(=O)(=O)Nc3ccccc3OC)c2C)cc1. The molecule has 0 fully saturated rings. The summed E-state index contributed by atoms with van der Waals surface area (Å²) in [4.78, 5) is 22.4. The van der Waals surface area contributed by atoms with Gasteiger partial charge in [0, 0.05) is 34.8 Å². The molecule has 4 rings (SSSR count). The van der Waals surface area contributed by atoms with Crippen LogP contribution in [-0.2, 0) is 14.8 Å². The van der Waals surface area contributed by atoms with Crippen LogP contribution in [-0.4, -0.2) is 43.8 Å². The topological polar surface area (TPSA) is 154 Å². The number of carbonyl (C=O) groups excluding carboxylic acids is 1. The minimum atomic E-state index is -4.30. The number of rotatable bonds is 11. The zero-order valence-corrected chi connectivity index (χ0v) is 24.1. The molecule has 0 aliphatic heterocycles. The molecule has 2 N–H and O–H groups in total. The van der Waals surface area contributed by atoms with Gasteiger partial charge in [-0.05, 0) is 69.3 Å². The first-order chi connectivity index (χ1) is 20.1. The lowest BCUT2D eigenvalue weighted by Gasteiger charge is -2.14. The molecule has 1 heterocycles. The molecule has 1 aromatic heterocycles. The summed E-state index contributed by atoms with van der Waals surface area (Å²) in [5.41, 5.74) is 6.28. The van der Waals surface area contributed by atoms with Crippen molar-refractivity contribution in [2.24, 2.45) is 5.10 Å². The molecule has 4 aromatic rings. The number of aryl methyl sites for hydroxylation is 1. The molecule has 0 atom stereocenters. The second kappa shape index (κ2) is 12.6. The number of hydrogen-bond acceptors (Lipinski definition) is 9. The van der Waals surface area contributed by atoms with Crippen LogP contribution in [0.1, 0.15) is 34.2 Å². The third-order valence-corrected chi connectivity index (χ3v) is 7.72. The lowest BCUT2D eigenvalue weighted by molar-refractivity contribution is -0.385. The van der Waals surface area contributed by atoms with E-state index in [1.807, 2.05) is 36.6 Å². The van der Waals surface area contributed by atoms with Crippen LogP contribution < -0.4 is 14.9 Å². The van der Waals surface area contributed by atoms with Gasteiger partial charge in [0.2, 0.25) is 0 Å². The molecule has 0 radical (unpaired) electrons. The summed E-state index contributed by atoms with van der Waals surface area (Å²) in [5, 5.41) is 15.6. The smallest absolute Gasteiger partial charge is 0.338 e. The van der Waals surface area contributed by atoms with Gasteiger partial charge >= 0.3 is 5.97 Å². The molecule has 0 aliphatic carbocycles. The number of carbonyl (C=O) groups is 1. The number of aromatic nitrogens is 1. The number of benzene rings is 3. The van der Waals surface area contributed by atoms with Crippen molar-refractivity contribution in [3.8, 4) is 11.4 Å². The lowest BCUT2D eigenvalue weighted by Crippen LogP contribution is -2.15. The maximum Gasteiger partial charge on any atom is 0.338 e. The quantitative estimate of drug-likeness (QED) is 0.101. The summed E-state index contributed by atoms with van der Waals surface area (Å²) >= 11 is 0. The molecule has 0 unspecified atom stereocenters. The number of sulfonamides is 1. The van der Waals surface area contributed by atoms with Gasteiger partial charge in [0.1, 0.15) is 10.6 Å². The molecule has 0 bridgehead atoms. The van der Waals surface area contributed by atoms with Crippen LogP contribution in [0.2, 0.25) is 0 Å². The number of nitrogens with zero attached hydrogens (tertiary/aromatic N) is 3. The van der Waals surface area contributed by atoms with Crippen LogP contribution in [0.3, 0.4) is 0 Å². The van der Waals surface area contributed by atoms with E-state index in [1.54, 1.807) is 37.3 Å². The first kappa shape index (κ1) is 29.8. The van der Waals surface area contributed by atoms with Crippen LogP contribution >= 0.6 is 0 Å². The number of nitro benzene ring substituents is 1. The van der Waals surface area contributed by atoms with Crippen molar-refractivity contribution in [1.29, 1.82) is 0 Å². The predicted molar refractivity (Wildman–Crippen MR) is 159 cm³/mol. The third-order valence-electron chi connectivity index (χ3n) is 6.31. The van der Waals surface area contributed by atoms with Gasteiger partial charge in [0.15, 0.2) is 0 Å². The van der Waals surface area contributed by atoms with E-state index >= 15 is 0 Å². The van der Waals surface area contributed by atoms with E-state index in [0.29, 0.717) is 12.2 Å². The van der Waals surface area contributed by atoms with Crippen molar-refractivity contribution < 1.29 is 27.6 Å². The average molecular weight is 592 g/mol. The number of ether oxygens (including phenoxy) is 2. The highest BCUT2D eigenvalue weighted by molar-refractivity contribution is 7.93. The Morgan fingerprint density at radius 2 is 1.76 bits per heavy atom. The molecule has 3 aromatic carbocycles. The maximum absolute atomic E-state index is 13.3. The number of nitrogens with one attached hydrogen (secondary N) is 2.